The topological polar surface area (TPSA) is 39.1 Å². The molecule has 1 aliphatic rings. The van der Waals surface area contributed by atoms with Crippen LogP contribution in [0.25, 0.3) is 0 Å². The van der Waals surface area contributed by atoms with Crippen molar-refractivity contribution in [1.82, 2.24) is 9.91 Å². The minimum atomic E-state index is -0.141. The Bertz CT molecular complexity index is 897. The Balaban J connectivity index is 1.70. The first-order chi connectivity index (χ1) is 14.4. The number of phenolic OH excluding ortho intramolecular Hbond substituents is 1. The molecule has 0 atom stereocenters. The molecule has 0 radical (unpaired) electrons. The first-order valence-corrected chi connectivity index (χ1v) is 11.5. The summed E-state index contributed by atoms with van der Waals surface area (Å²) in [6, 6.07) is 12.2. The van der Waals surface area contributed by atoms with Gasteiger partial charge >= 0.3 is 0 Å². The van der Waals surface area contributed by atoms with E-state index in [4.69, 9.17) is 16.7 Å². The second-order valence-electron chi connectivity index (χ2n) is 10.5. The standard InChI is InChI=1S/C26H36ClN3O/c1-25(2,3)21-15-19(16-22(24(21)31)26(4,5)6)17-28-30-13-11-29(12-14-30)18-20-9-7-8-10-23(20)27/h7-10,15-17,31H,11-14,18H2,1-6H3. The van der Waals surface area contributed by atoms with Crippen molar-refractivity contribution in [2.45, 2.75) is 58.9 Å². The summed E-state index contributed by atoms with van der Waals surface area (Å²) >= 11 is 6.31. The van der Waals surface area contributed by atoms with Crippen LogP contribution >= 0.6 is 11.6 Å². The Hall–Kier alpha value is -2.04. The maximum absolute atomic E-state index is 10.9. The number of hydrogen-bond acceptors (Lipinski definition) is 4. The Morgan fingerprint density at radius 2 is 1.48 bits per heavy atom. The first-order valence-electron chi connectivity index (χ1n) is 11.1. The highest BCUT2D eigenvalue weighted by atomic mass is 35.5. The monoisotopic (exact) mass is 441 g/mol. The van der Waals surface area contributed by atoms with Gasteiger partial charge in [0.2, 0.25) is 0 Å². The molecule has 5 heteroatoms. The van der Waals surface area contributed by atoms with Gasteiger partial charge in [0.25, 0.3) is 0 Å². The predicted octanol–water partition coefficient (Wildman–Crippen LogP) is 5.79. The summed E-state index contributed by atoms with van der Waals surface area (Å²) in [7, 11) is 0. The summed E-state index contributed by atoms with van der Waals surface area (Å²) in [5, 5.41) is 18.6. The molecule has 1 aliphatic heterocycles. The van der Waals surface area contributed by atoms with Crippen LogP contribution in [0.3, 0.4) is 0 Å². The molecule has 3 rings (SSSR count). The van der Waals surface area contributed by atoms with Gasteiger partial charge in [0.1, 0.15) is 5.75 Å². The van der Waals surface area contributed by atoms with Crippen molar-refractivity contribution in [2.24, 2.45) is 5.10 Å². The fraction of sp³-hybridized carbons (Fsp3) is 0.500. The molecule has 2 aromatic rings. The second-order valence-corrected chi connectivity index (χ2v) is 10.9. The van der Waals surface area contributed by atoms with Gasteiger partial charge in [0, 0.05) is 48.9 Å². The summed E-state index contributed by atoms with van der Waals surface area (Å²) in [6.07, 6.45) is 1.94. The molecule has 0 spiro atoms. The molecule has 168 valence electrons. The van der Waals surface area contributed by atoms with Gasteiger partial charge in [0.05, 0.1) is 6.21 Å². The van der Waals surface area contributed by atoms with Crippen LogP contribution in [0.15, 0.2) is 41.5 Å². The quantitative estimate of drug-likeness (QED) is 0.610. The molecular formula is C26H36ClN3O. The summed E-state index contributed by atoms with van der Waals surface area (Å²) in [6.45, 7) is 17.4. The Labute approximate surface area is 192 Å². The second kappa shape index (κ2) is 9.22. The lowest BCUT2D eigenvalue weighted by atomic mass is 9.78. The van der Waals surface area contributed by atoms with Crippen molar-refractivity contribution >= 4 is 17.8 Å². The predicted molar refractivity (Wildman–Crippen MR) is 131 cm³/mol. The molecular weight excluding hydrogens is 406 g/mol. The van der Waals surface area contributed by atoms with Crippen LogP contribution in [0.5, 0.6) is 5.75 Å². The minimum absolute atomic E-state index is 0.141. The van der Waals surface area contributed by atoms with Crippen molar-refractivity contribution in [3.63, 3.8) is 0 Å². The Kier molecular flexibility index (Phi) is 7.02. The number of phenols is 1. The molecule has 0 aromatic heterocycles. The van der Waals surface area contributed by atoms with Crippen molar-refractivity contribution in [3.8, 4) is 5.75 Å². The maximum Gasteiger partial charge on any atom is 0.123 e. The SMILES string of the molecule is CC(C)(C)c1cc(C=NN2CCN(Cc3ccccc3Cl)CC2)cc(C(C)(C)C)c1O. The van der Waals surface area contributed by atoms with E-state index in [0.717, 1.165) is 54.4 Å². The number of nitrogens with zero attached hydrogens (tertiary/aromatic N) is 3. The lowest BCUT2D eigenvalue weighted by Gasteiger charge is -2.33. The van der Waals surface area contributed by atoms with Crippen molar-refractivity contribution in [1.29, 1.82) is 0 Å². The van der Waals surface area contributed by atoms with Gasteiger partial charge in [-0.1, -0.05) is 71.3 Å². The average Bonchev–Trinajstić information content (AvgIpc) is 2.68. The van der Waals surface area contributed by atoms with E-state index in [1.54, 1.807) is 0 Å². The molecule has 4 nitrogen and oxygen atoms in total. The molecule has 0 saturated carbocycles. The Morgan fingerprint density at radius 1 is 0.935 bits per heavy atom. The normalized spacial score (nSPS) is 16.3. The highest BCUT2D eigenvalue weighted by Crippen LogP contribution is 2.39. The van der Waals surface area contributed by atoms with E-state index < -0.39 is 0 Å². The van der Waals surface area contributed by atoms with E-state index in [2.05, 4.69) is 69.7 Å². The lowest BCUT2D eigenvalue weighted by molar-refractivity contribution is 0.131. The van der Waals surface area contributed by atoms with E-state index in [9.17, 15) is 5.11 Å². The van der Waals surface area contributed by atoms with E-state index in [0.29, 0.717) is 5.75 Å². The zero-order chi connectivity index (χ0) is 22.8. The number of hydrogen-bond donors (Lipinski definition) is 1. The fourth-order valence-corrected chi connectivity index (χ4v) is 4.10. The molecule has 0 amide bonds. The number of piperazine rings is 1. The average molecular weight is 442 g/mol. The van der Waals surface area contributed by atoms with Crippen LogP contribution in [0.1, 0.15) is 63.8 Å². The maximum atomic E-state index is 10.9. The van der Waals surface area contributed by atoms with Gasteiger partial charge < -0.3 is 5.11 Å². The minimum Gasteiger partial charge on any atom is -0.507 e. The Morgan fingerprint density at radius 3 is 2.00 bits per heavy atom. The fourth-order valence-electron chi connectivity index (χ4n) is 3.90. The van der Waals surface area contributed by atoms with Crippen LogP contribution in [-0.4, -0.2) is 47.4 Å². The lowest BCUT2D eigenvalue weighted by Crippen LogP contribution is -2.43. The highest BCUT2D eigenvalue weighted by molar-refractivity contribution is 6.31. The van der Waals surface area contributed by atoms with Gasteiger partial charge in [0.15, 0.2) is 0 Å². The number of hydrazone groups is 1. The molecule has 1 saturated heterocycles. The number of aromatic hydroxyl groups is 1. The van der Waals surface area contributed by atoms with E-state index in [-0.39, 0.29) is 10.8 Å². The van der Waals surface area contributed by atoms with Crippen molar-refractivity contribution in [2.75, 3.05) is 26.2 Å². The van der Waals surface area contributed by atoms with Crippen molar-refractivity contribution in [3.05, 3.63) is 63.7 Å². The third-order valence-corrected chi connectivity index (χ3v) is 6.19. The van der Waals surface area contributed by atoms with Crippen LogP contribution < -0.4 is 0 Å². The first kappa shape index (κ1) is 23.6. The van der Waals surface area contributed by atoms with Gasteiger partial charge in [-0.15, -0.1) is 0 Å². The number of rotatable bonds is 4. The van der Waals surface area contributed by atoms with Gasteiger partial charge in [-0.2, -0.15) is 5.10 Å². The van der Waals surface area contributed by atoms with Gasteiger partial charge in [-0.3, -0.25) is 9.91 Å². The third kappa shape index (κ3) is 6.02. The summed E-state index contributed by atoms with van der Waals surface area (Å²) in [5.41, 5.74) is 3.86. The smallest absolute Gasteiger partial charge is 0.123 e. The van der Waals surface area contributed by atoms with Crippen LogP contribution in [0, 0.1) is 0 Å². The highest BCUT2D eigenvalue weighted by Gasteiger charge is 2.26. The van der Waals surface area contributed by atoms with E-state index in [1.807, 2.05) is 24.4 Å². The van der Waals surface area contributed by atoms with Crippen LogP contribution in [0.4, 0.5) is 0 Å². The molecule has 1 fully saturated rings. The van der Waals surface area contributed by atoms with E-state index in [1.165, 1.54) is 5.56 Å². The molecule has 31 heavy (non-hydrogen) atoms. The van der Waals surface area contributed by atoms with E-state index >= 15 is 0 Å². The molecule has 2 aromatic carbocycles. The molecule has 1 N–H and O–H groups in total. The van der Waals surface area contributed by atoms with Crippen molar-refractivity contribution < 1.29 is 5.11 Å². The summed E-state index contributed by atoms with van der Waals surface area (Å²) in [5.74, 6) is 0.408. The zero-order valence-electron chi connectivity index (χ0n) is 19.7. The van der Waals surface area contributed by atoms with Gasteiger partial charge in [-0.25, -0.2) is 0 Å². The summed E-state index contributed by atoms with van der Waals surface area (Å²) in [4.78, 5) is 2.42. The third-order valence-electron chi connectivity index (χ3n) is 5.82. The van der Waals surface area contributed by atoms with Gasteiger partial charge in [-0.05, 0) is 40.2 Å². The molecule has 0 aliphatic carbocycles. The molecule has 1 heterocycles. The zero-order valence-corrected chi connectivity index (χ0v) is 20.5. The summed E-state index contributed by atoms with van der Waals surface area (Å²) < 4.78 is 0. The number of halogens is 1. The van der Waals surface area contributed by atoms with Crippen LogP contribution in [-0.2, 0) is 17.4 Å². The molecule has 0 bridgehead atoms. The largest absolute Gasteiger partial charge is 0.507 e. The molecule has 0 unspecified atom stereocenters. The van der Waals surface area contributed by atoms with Crippen LogP contribution in [0.2, 0.25) is 5.02 Å². The number of benzene rings is 2.